The van der Waals surface area contributed by atoms with Gasteiger partial charge in [0, 0.05) is 6.07 Å². The van der Waals surface area contributed by atoms with Crippen molar-refractivity contribution in [3.8, 4) is 17.3 Å². The lowest BCUT2D eigenvalue weighted by molar-refractivity contribution is 0.476. The highest BCUT2D eigenvalue weighted by atomic mass is 35.5. The Morgan fingerprint density at radius 3 is 2.88 bits per heavy atom. The second-order valence-electron chi connectivity index (χ2n) is 3.39. The van der Waals surface area contributed by atoms with Crippen LogP contribution in [0.2, 0.25) is 5.22 Å². The minimum Gasteiger partial charge on any atom is -0.508 e. The highest BCUT2D eigenvalue weighted by molar-refractivity contribution is 6.28. The van der Waals surface area contributed by atoms with E-state index in [-0.39, 0.29) is 5.75 Å². The summed E-state index contributed by atoms with van der Waals surface area (Å²) in [6, 6.07) is 8.31. The molecule has 16 heavy (non-hydrogen) atoms. The van der Waals surface area contributed by atoms with Crippen LogP contribution in [0.15, 0.2) is 34.7 Å². The van der Waals surface area contributed by atoms with Crippen molar-refractivity contribution in [3.63, 3.8) is 0 Å². The third kappa shape index (κ3) is 1.44. The van der Waals surface area contributed by atoms with Gasteiger partial charge in [-0.15, -0.1) is 0 Å². The number of aromatic amines is 1. The first-order valence-electron chi connectivity index (χ1n) is 4.67. The topological polar surface area (TPSA) is 62.1 Å². The van der Waals surface area contributed by atoms with Crippen molar-refractivity contribution < 1.29 is 9.52 Å². The standard InChI is InChI=1S/C11H7ClN2O2/c12-10-4-3-9(16-10)11-13-7-2-1-6(15)5-8(7)14-11/h1-5,15H,(H,13,14). The summed E-state index contributed by atoms with van der Waals surface area (Å²) in [5.74, 6) is 1.35. The van der Waals surface area contributed by atoms with Crippen molar-refractivity contribution in [1.29, 1.82) is 0 Å². The zero-order chi connectivity index (χ0) is 11.1. The average Bonchev–Trinajstić information content (AvgIpc) is 2.83. The molecule has 5 heteroatoms. The van der Waals surface area contributed by atoms with Crippen LogP contribution in [0.1, 0.15) is 0 Å². The number of furan rings is 1. The number of rotatable bonds is 1. The van der Waals surface area contributed by atoms with Crippen LogP contribution >= 0.6 is 11.6 Å². The third-order valence-electron chi connectivity index (χ3n) is 2.27. The molecule has 0 saturated carbocycles. The highest BCUT2D eigenvalue weighted by Crippen LogP contribution is 2.25. The van der Waals surface area contributed by atoms with Gasteiger partial charge in [0.05, 0.1) is 11.0 Å². The summed E-state index contributed by atoms with van der Waals surface area (Å²) in [5.41, 5.74) is 1.52. The molecule has 2 aromatic heterocycles. The Labute approximate surface area is 95.5 Å². The maximum absolute atomic E-state index is 9.32. The molecule has 0 radical (unpaired) electrons. The molecule has 0 amide bonds. The molecule has 0 atom stereocenters. The molecular formula is C11H7ClN2O2. The van der Waals surface area contributed by atoms with E-state index in [1.807, 2.05) is 0 Å². The van der Waals surface area contributed by atoms with E-state index in [0.29, 0.717) is 16.8 Å². The van der Waals surface area contributed by atoms with Crippen LogP contribution in [-0.2, 0) is 0 Å². The normalized spacial score (nSPS) is 11.1. The maximum Gasteiger partial charge on any atom is 0.194 e. The molecule has 0 bridgehead atoms. The molecule has 0 aliphatic carbocycles. The molecule has 3 rings (SSSR count). The summed E-state index contributed by atoms with van der Waals surface area (Å²) in [6.45, 7) is 0. The summed E-state index contributed by atoms with van der Waals surface area (Å²) in [4.78, 5) is 7.36. The van der Waals surface area contributed by atoms with Gasteiger partial charge in [0.2, 0.25) is 0 Å². The number of halogens is 1. The fourth-order valence-electron chi connectivity index (χ4n) is 1.56. The van der Waals surface area contributed by atoms with E-state index in [9.17, 15) is 5.11 Å². The number of fused-ring (bicyclic) bond motifs is 1. The second kappa shape index (κ2) is 3.28. The number of H-pyrrole nitrogens is 1. The van der Waals surface area contributed by atoms with E-state index < -0.39 is 0 Å². The number of benzene rings is 1. The zero-order valence-corrected chi connectivity index (χ0v) is 8.82. The van der Waals surface area contributed by atoms with E-state index in [4.69, 9.17) is 16.0 Å². The first-order valence-corrected chi connectivity index (χ1v) is 5.04. The molecular weight excluding hydrogens is 228 g/mol. The van der Waals surface area contributed by atoms with Crippen LogP contribution in [0, 0.1) is 0 Å². The Kier molecular flexibility index (Phi) is 1.91. The Morgan fingerprint density at radius 1 is 1.25 bits per heavy atom. The molecule has 2 N–H and O–H groups in total. The average molecular weight is 235 g/mol. The number of phenols is 1. The summed E-state index contributed by atoms with van der Waals surface area (Å²) in [7, 11) is 0. The van der Waals surface area contributed by atoms with Crippen molar-refractivity contribution in [2.45, 2.75) is 0 Å². The predicted molar refractivity (Wildman–Crippen MR) is 60.5 cm³/mol. The number of phenolic OH excluding ortho intramolecular Hbond substituents is 1. The summed E-state index contributed by atoms with van der Waals surface area (Å²) < 4.78 is 5.24. The van der Waals surface area contributed by atoms with Gasteiger partial charge < -0.3 is 14.5 Å². The molecule has 1 aromatic carbocycles. The van der Waals surface area contributed by atoms with Crippen molar-refractivity contribution in [1.82, 2.24) is 9.97 Å². The van der Waals surface area contributed by atoms with E-state index in [2.05, 4.69) is 9.97 Å². The molecule has 3 aromatic rings. The smallest absolute Gasteiger partial charge is 0.194 e. The predicted octanol–water partition coefficient (Wildman–Crippen LogP) is 3.18. The fraction of sp³-hybridized carbons (Fsp3) is 0. The van der Waals surface area contributed by atoms with Gasteiger partial charge in [-0.3, -0.25) is 0 Å². The summed E-state index contributed by atoms with van der Waals surface area (Å²) in [6.07, 6.45) is 0. The maximum atomic E-state index is 9.32. The molecule has 0 fully saturated rings. The number of hydrogen-bond acceptors (Lipinski definition) is 3. The van der Waals surface area contributed by atoms with Gasteiger partial charge in [0.1, 0.15) is 5.75 Å². The van der Waals surface area contributed by atoms with Crippen LogP contribution in [0.5, 0.6) is 5.75 Å². The zero-order valence-electron chi connectivity index (χ0n) is 8.07. The van der Waals surface area contributed by atoms with Gasteiger partial charge in [-0.05, 0) is 35.9 Å². The van der Waals surface area contributed by atoms with Gasteiger partial charge >= 0.3 is 0 Å². The van der Waals surface area contributed by atoms with Crippen molar-refractivity contribution in [3.05, 3.63) is 35.6 Å². The monoisotopic (exact) mass is 234 g/mol. The van der Waals surface area contributed by atoms with Crippen molar-refractivity contribution in [2.24, 2.45) is 0 Å². The van der Waals surface area contributed by atoms with Gasteiger partial charge in [-0.2, -0.15) is 0 Å². The number of nitrogens with zero attached hydrogens (tertiary/aromatic N) is 1. The van der Waals surface area contributed by atoms with Crippen LogP contribution in [0.3, 0.4) is 0 Å². The van der Waals surface area contributed by atoms with E-state index >= 15 is 0 Å². The first-order chi connectivity index (χ1) is 7.72. The van der Waals surface area contributed by atoms with Crippen LogP contribution in [0.25, 0.3) is 22.6 Å². The second-order valence-corrected chi connectivity index (χ2v) is 3.76. The molecule has 0 aliphatic heterocycles. The molecule has 0 spiro atoms. The lowest BCUT2D eigenvalue weighted by Gasteiger charge is -1.88. The van der Waals surface area contributed by atoms with Crippen LogP contribution in [0.4, 0.5) is 0 Å². The molecule has 0 aliphatic rings. The van der Waals surface area contributed by atoms with Gasteiger partial charge in [0.15, 0.2) is 16.8 Å². The minimum atomic E-state index is 0.195. The fourth-order valence-corrected chi connectivity index (χ4v) is 1.70. The van der Waals surface area contributed by atoms with Crippen molar-refractivity contribution >= 4 is 22.6 Å². The first kappa shape index (κ1) is 9.30. The Hall–Kier alpha value is -1.94. The summed E-state index contributed by atoms with van der Waals surface area (Å²) in [5, 5.41) is 9.64. The molecule has 0 unspecified atom stereocenters. The van der Waals surface area contributed by atoms with Crippen molar-refractivity contribution in [2.75, 3.05) is 0 Å². The Bertz CT molecular complexity index is 657. The van der Waals surface area contributed by atoms with E-state index in [1.54, 1.807) is 30.3 Å². The molecule has 4 nitrogen and oxygen atoms in total. The Morgan fingerprint density at radius 2 is 2.12 bits per heavy atom. The van der Waals surface area contributed by atoms with E-state index in [1.165, 1.54) is 0 Å². The number of aromatic nitrogens is 2. The Balaban J connectivity index is 2.18. The summed E-state index contributed by atoms with van der Waals surface area (Å²) >= 11 is 5.69. The van der Waals surface area contributed by atoms with Gasteiger partial charge in [0.25, 0.3) is 0 Å². The van der Waals surface area contributed by atoms with Gasteiger partial charge in [-0.1, -0.05) is 0 Å². The SMILES string of the molecule is Oc1ccc2nc(-c3ccc(Cl)o3)[nH]c2c1. The van der Waals surface area contributed by atoms with Crippen LogP contribution < -0.4 is 0 Å². The highest BCUT2D eigenvalue weighted by Gasteiger charge is 2.09. The lowest BCUT2D eigenvalue weighted by atomic mass is 10.3. The molecule has 0 saturated heterocycles. The lowest BCUT2D eigenvalue weighted by Crippen LogP contribution is -1.74. The number of hydrogen-bond donors (Lipinski definition) is 2. The largest absolute Gasteiger partial charge is 0.508 e. The quantitative estimate of drug-likeness (QED) is 0.680. The van der Waals surface area contributed by atoms with Crippen LogP contribution in [-0.4, -0.2) is 15.1 Å². The number of nitrogens with one attached hydrogen (secondary N) is 1. The minimum absolute atomic E-state index is 0.195. The van der Waals surface area contributed by atoms with E-state index in [0.717, 1.165) is 11.0 Å². The third-order valence-corrected chi connectivity index (χ3v) is 2.48. The number of aromatic hydroxyl groups is 1. The number of imidazole rings is 1. The van der Waals surface area contributed by atoms with Gasteiger partial charge in [-0.25, -0.2) is 4.98 Å². The molecule has 80 valence electrons. The molecule has 2 heterocycles.